The van der Waals surface area contributed by atoms with Crippen LogP contribution in [0.2, 0.25) is 5.02 Å². The summed E-state index contributed by atoms with van der Waals surface area (Å²) in [4.78, 5) is 0. The minimum atomic E-state index is 0.637. The van der Waals surface area contributed by atoms with Crippen LogP contribution in [0.25, 0.3) is 0 Å². The molecular weight excluding hydrogens is 266 g/mol. The van der Waals surface area contributed by atoms with Crippen LogP contribution < -0.4 is 5.32 Å². The van der Waals surface area contributed by atoms with Crippen LogP contribution >= 0.6 is 23.4 Å². The highest BCUT2D eigenvalue weighted by Crippen LogP contribution is 2.28. The molecule has 2 unspecified atom stereocenters. The van der Waals surface area contributed by atoms with Crippen molar-refractivity contribution in [3.8, 4) is 0 Å². The van der Waals surface area contributed by atoms with E-state index >= 15 is 0 Å². The molecule has 1 aromatic rings. The normalized spacial score (nSPS) is 23.8. The van der Waals surface area contributed by atoms with E-state index in [1.165, 1.54) is 19.3 Å². The fraction of sp³-hybridized carbons (Fsp3) is 0.769. The van der Waals surface area contributed by atoms with Crippen molar-refractivity contribution in [2.75, 3.05) is 6.26 Å². The number of nitrogens with one attached hydrogen (secondary N) is 1. The monoisotopic (exact) mass is 287 g/mol. The molecule has 1 aromatic heterocycles. The van der Waals surface area contributed by atoms with Crippen LogP contribution in [0.15, 0.2) is 0 Å². The highest BCUT2D eigenvalue weighted by Gasteiger charge is 2.24. The Balaban J connectivity index is 1.92. The van der Waals surface area contributed by atoms with Crippen LogP contribution in [0.1, 0.15) is 37.6 Å². The molecule has 1 heterocycles. The van der Waals surface area contributed by atoms with Crippen LogP contribution in [0.3, 0.4) is 0 Å². The average molecular weight is 288 g/mol. The number of thioether (sulfide) groups is 1. The van der Waals surface area contributed by atoms with Crippen molar-refractivity contribution >= 4 is 23.4 Å². The third-order valence-corrected chi connectivity index (χ3v) is 5.31. The molecular formula is C13H22ClN3S. The van der Waals surface area contributed by atoms with Gasteiger partial charge in [-0.1, -0.05) is 18.5 Å². The maximum atomic E-state index is 6.34. The predicted molar refractivity (Wildman–Crippen MR) is 79.4 cm³/mol. The molecule has 1 saturated carbocycles. The molecule has 0 saturated heterocycles. The molecule has 0 bridgehead atoms. The van der Waals surface area contributed by atoms with E-state index in [2.05, 4.69) is 23.6 Å². The molecule has 0 amide bonds. The zero-order valence-corrected chi connectivity index (χ0v) is 12.9. The van der Waals surface area contributed by atoms with Crippen molar-refractivity contribution in [2.45, 2.75) is 50.4 Å². The third-order valence-electron chi connectivity index (χ3n) is 3.78. The Morgan fingerprint density at radius 1 is 1.50 bits per heavy atom. The molecule has 18 heavy (non-hydrogen) atoms. The predicted octanol–water partition coefficient (Wildman–Crippen LogP) is 3.01. The Bertz CT molecular complexity index is 405. The van der Waals surface area contributed by atoms with E-state index in [0.717, 1.165) is 34.6 Å². The summed E-state index contributed by atoms with van der Waals surface area (Å²) in [6, 6.07) is 0.637. The molecule has 1 aliphatic carbocycles. The third kappa shape index (κ3) is 3.03. The zero-order chi connectivity index (χ0) is 13.1. The second-order valence-electron chi connectivity index (χ2n) is 4.93. The molecule has 0 spiro atoms. The van der Waals surface area contributed by atoms with Crippen LogP contribution in [0.5, 0.6) is 0 Å². The number of hydrogen-bond acceptors (Lipinski definition) is 3. The lowest BCUT2D eigenvalue weighted by atomic mass is 10.2. The van der Waals surface area contributed by atoms with Crippen molar-refractivity contribution < 1.29 is 0 Å². The quantitative estimate of drug-likeness (QED) is 0.903. The molecule has 1 fully saturated rings. The van der Waals surface area contributed by atoms with Crippen LogP contribution in [-0.2, 0) is 20.0 Å². The maximum Gasteiger partial charge on any atom is 0.0863 e. The number of halogens is 1. The van der Waals surface area contributed by atoms with Crippen LogP contribution in [0, 0.1) is 0 Å². The van der Waals surface area contributed by atoms with E-state index in [9.17, 15) is 0 Å². The van der Waals surface area contributed by atoms with Gasteiger partial charge in [-0.3, -0.25) is 4.68 Å². The largest absolute Gasteiger partial charge is 0.308 e. The van der Waals surface area contributed by atoms with Gasteiger partial charge in [0.15, 0.2) is 0 Å². The van der Waals surface area contributed by atoms with Gasteiger partial charge in [-0.25, -0.2) is 0 Å². The first kappa shape index (κ1) is 14.2. The van der Waals surface area contributed by atoms with E-state index in [1.807, 2.05) is 23.5 Å². The van der Waals surface area contributed by atoms with E-state index in [-0.39, 0.29) is 0 Å². The molecule has 0 aromatic carbocycles. The minimum Gasteiger partial charge on any atom is -0.308 e. The molecule has 3 nitrogen and oxygen atoms in total. The number of aromatic nitrogens is 2. The van der Waals surface area contributed by atoms with Gasteiger partial charge in [-0.05, 0) is 31.9 Å². The van der Waals surface area contributed by atoms with E-state index in [0.29, 0.717) is 6.04 Å². The van der Waals surface area contributed by atoms with Gasteiger partial charge in [-0.15, -0.1) is 0 Å². The first-order valence-corrected chi connectivity index (χ1v) is 8.28. The van der Waals surface area contributed by atoms with Crippen molar-refractivity contribution in [3.63, 3.8) is 0 Å². The molecule has 1 N–H and O–H groups in total. The lowest BCUT2D eigenvalue weighted by Crippen LogP contribution is -2.27. The maximum absolute atomic E-state index is 6.34. The molecule has 0 radical (unpaired) electrons. The highest BCUT2D eigenvalue weighted by molar-refractivity contribution is 7.99. The van der Waals surface area contributed by atoms with E-state index < -0.39 is 0 Å². The smallest absolute Gasteiger partial charge is 0.0863 e. The van der Waals surface area contributed by atoms with Gasteiger partial charge in [0.2, 0.25) is 0 Å². The Morgan fingerprint density at radius 3 is 2.83 bits per heavy atom. The Kier molecular flexibility index (Phi) is 4.98. The fourth-order valence-corrected chi connectivity index (χ4v) is 3.75. The van der Waals surface area contributed by atoms with E-state index in [1.54, 1.807) is 0 Å². The molecule has 0 aliphatic heterocycles. The molecule has 1 aliphatic rings. The van der Waals surface area contributed by atoms with Gasteiger partial charge < -0.3 is 5.32 Å². The first-order chi connectivity index (χ1) is 8.65. The number of aryl methyl sites for hydroxylation is 2. The number of rotatable bonds is 5. The number of nitrogens with zero attached hydrogens (tertiary/aromatic N) is 2. The summed E-state index contributed by atoms with van der Waals surface area (Å²) in [7, 11) is 1.97. The Morgan fingerprint density at radius 2 is 2.28 bits per heavy atom. The van der Waals surface area contributed by atoms with Gasteiger partial charge >= 0.3 is 0 Å². The second kappa shape index (κ2) is 6.31. The summed E-state index contributed by atoms with van der Waals surface area (Å²) in [5.74, 6) is 0. The summed E-state index contributed by atoms with van der Waals surface area (Å²) in [6.45, 7) is 2.92. The lowest BCUT2D eigenvalue weighted by Gasteiger charge is -2.13. The van der Waals surface area contributed by atoms with Crippen LogP contribution in [-0.4, -0.2) is 27.3 Å². The summed E-state index contributed by atoms with van der Waals surface area (Å²) in [5, 5.41) is 9.74. The van der Waals surface area contributed by atoms with Crippen molar-refractivity contribution in [2.24, 2.45) is 7.05 Å². The van der Waals surface area contributed by atoms with Crippen molar-refractivity contribution in [1.82, 2.24) is 15.1 Å². The average Bonchev–Trinajstić information content (AvgIpc) is 2.93. The summed E-state index contributed by atoms with van der Waals surface area (Å²) in [6.07, 6.45) is 6.99. The van der Waals surface area contributed by atoms with E-state index in [4.69, 9.17) is 11.6 Å². The summed E-state index contributed by atoms with van der Waals surface area (Å²) in [5.41, 5.74) is 2.12. The standard InChI is InChI=1S/C13H22ClN3S/c1-4-11-13(14)12(17(2)16-11)8-15-9-5-6-10(7-9)18-3/h9-10,15H,4-8H2,1-3H3. The lowest BCUT2D eigenvalue weighted by molar-refractivity contribution is 0.508. The molecule has 2 atom stereocenters. The molecule has 102 valence electrons. The van der Waals surface area contributed by atoms with Gasteiger partial charge in [0.05, 0.1) is 16.4 Å². The first-order valence-electron chi connectivity index (χ1n) is 6.62. The highest BCUT2D eigenvalue weighted by atomic mass is 35.5. The minimum absolute atomic E-state index is 0.637. The van der Waals surface area contributed by atoms with Crippen molar-refractivity contribution in [1.29, 1.82) is 0 Å². The molecule has 5 heteroatoms. The fourth-order valence-electron chi connectivity index (χ4n) is 2.59. The zero-order valence-electron chi connectivity index (χ0n) is 11.4. The SMILES string of the molecule is CCc1nn(C)c(CNC2CCC(SC)C2)c1Cl. The van der Waals surface area contributed by atoms with Crippen molar-refractivity contribution in [3.05, 3.63) is 16.4 Å². The number of hydrogen-bond donors (Lipinski definition) is 1. The second-order valence-corrected chi connectivity index (χ2v) is 6.45. The van der Waals surface area contributed by atoms with Gasteiger partial charge in [0.1, 0.15) is 0 Å². The molecule has 2 rings (SSSR count). The topological polar surface area (TPSA) is 29.9 Å². The Labute approximate surface area is 119 Å². The van der Waals surface area contributed by atoms with Gasteiger partial charge in [0.25, 0.3) is 0 Å². The van der Waals surface area contributed by atoms with Gasteiger partial charge in [-0.2, -0.15) is 16.9 Å². The Hall–Kier alpha value is -0.190. The summed E-state index contributed by atoms with van der Waals surface area (Å²) < 4.78 is 1.91. The van der Waals surface area contributed by atoms with Crippen LogP contribution in [0.4, 0.5) is 0 Å². The summed E-state index contributed by atoms with van der Waals surface area (Å²) >= 11 is 8.33. The van der Waals surface area contributed by atoms with Gasteiger partial charge in [0, 0.05) is 24.9 Å².